The zero-order chi connectivity index (χ0) is 17.4. The van der Waals surface area contributed by atoms with Gasteiger partial charge in [0, 0.05) is 25.2 Å². The van der Waals surface area contributed by atoms with Gasteiger partial charge in [-0.05, 0) is 18.9 Å². The smallest absolute Gasteiger partial charge is 0.405 e. The van der Waals surface area contributed by atoms with Gasteiger partial charge in [-0.2, -0.15) is 0 Å². The number of ether oxygens (including phenoxy) is 1. The van der Waals surface area contributed by atoms with Gasteiger partial charge in [-0.15, -0.1) is 0 Å². The van der Waals surface area contributed by atoms with Crippen molar-refractivity contribution in [1.82, 2.24) is 4.90 Å². The van der Waals surface area contributed by atoms with Gasteiger partial charge in [0.05, 0.1) is 11.5 Å². The number of hydrogen-bond donors (Lipinski definition) is 2. The lowest BCUT2D eigenvalue weighted by Crippen LogP contribution is -2.43. The molecular formula is C14H19N3O6. The predicted octanol–water partition coefficient (Wildman–Crippen LogP) is 0.442. The van der Waals surface area contributed by atoms with Crippen molar-refractivity contribution >= 4 is 17.7 Å². The molecule has 3 N–H and O–H groups in total. The summed E-state index contributed by atoms with van der Waals surface area (Å²) in [6.07, 6.45) is -1.66. The van der Waals surface area contributed by atoms with Crippen molar-refractivity contribution in [3.63, 3.8) is 0 Å². The molecule has 1 atom stereocenters. The van der Waals surface area contributed by atoms with Crippen LogP contribution in [0.25, 0.3) is 0 Å². The fourth-order valence-electron chi connectivity index (χ4n) is 1.98. The number of aliphatic hydroxyl groups is 1. The number of amides is 2. The van der Waals surface area contributed by atoms with Crippen LogP contribution in [0.5, 0.6) is 0 Å². The minimum Gasteiger partial charge on any atom is -0.437 e. The molecule has 0 aliphatic heterocycles. The maximum absolute atomic E-state index is 12.1. The zero-order valence-corrected chi connectivity index (χ0v) is 12.7. The van der Waals surface area contributed by atoms with Crippen molar-refractivity contribution in [2.45, 2.75) is 19.4 Å². The largest absolute Gasteiger partial charge is 0.437 e. The Morgan fingerprint density at radius 3 is 2.43 bits per heavy atom. The van der Waals surface area contributed by atoms with Gasteiger partial charge in [0.1, 0.15) is 0 Å². The topological polar surface area (TPSA) is 136 Å². The summed E-state index contributed by atoms with van der Waals surface area (Å²) in [6.45, 7) is 1.50. The average molecular weight is 325 g/mol. The summed E-state index contributed by atoms with van der Waals surface area (Å²) in [5, 5.41) is 19.6. The minimum atomic E-state index is -1.05. The van der Waals surface area contributed by atoms with Crippen molar-refractivity contribution < 1.29 is 24.4 Å². The van der Waals surface area contributed by atoms with Crippen LogP contribution in [-0.4, -0.2) is 52.7 Å². The van der Waals surface area contributed by atoms with Crippen molar-refractivity contribution in [3.05, 3.63) is 39.9 Å². The van der Waals surface area contributed by atoms with Crippen LogP contribution in [0.4, 0.5) is 10.5 Å². The molecule has 0 radical (unpaired) electrons. The maximum atomic E-state index is 12.1. The highest BCUT2D eigenvalue weighted by molar-refractivity contribution is 5.82. The number of primary amides is 1. The summed E-state index contributed by atoms with van der Waals surface area (Å²) in [5.41, 5.74) is 5.66. The molecule has 0 spiro atoms. The third-order valence-electron chi connectivity index (χ3n) is 3.14. The van der Waals surface area contributed by atoms with E-state index >= 15 is 0 Å². The van der Waals surface area contributed by atoms with Gasteiger partial charge in [-0.1, -0.05) is 12.1 Å². The fraction of sp³-hybridized carbons (Fsp3) is 0.429. The van der Waals surface area contributed by atoms with Crippen molar-refractivity contribution in [2.24, 2.45) is 5.73 Å². The van der Waals surface area contributed by atoms with Gasteiger partial charge < -0.3 is 20.5 Å². The highest BCUT2D eigenvalue weighted by atomic mass is 16.6. The molecule has 126 valence electrons. The molecular weight excluding hydrogens is 306 g/mol. The first kappa shape index (κ1) is 18.4. The molecule has 1 aromatic rings. The van der Waals surface area contributed by atoms with Gasteiger partial charge in [0.2, 0.25) is 0 Å². The normalized spacial score (nSPS) is 11.6. The van der Waals surface area contributed by atoms with Crippen LogP contribution in [0, 0.1) is 10.1 Å². The second-order valence-electron chi connectivity index (χ2n) is 4.80. The Bertz CT molecular complexity index is 560. The molecule has 0 heterocycles. The summed E-state index contributed by atoms with van der Waals surface area (Å²) >= 11 is 0. The van der Waals surface area contributed by atoms with Gasteiger partial charge in [0.25, 0.3) is 11.6 Å². The van der Waals surface area contributed by atoms with E-state index in [2.05, 4.69) is 4.74 Å². The number of carbonyl (C=O) groups excluding carboxylic acids is 2. The fourth-order valence-corrected chi connectivity index (χ4v) is 1.98. The maximum Gasteiger partial charge on any atom is 0.405 e. The SMILES string of the molecule is CC(OC(N)=O)C(=O)N(CCO)CCc1ccc([N+](=O)[O-])cc1. The van der Waals surface area contributed by atoms with Crippen LogP contribution >= 0.6 is 0 Å². The number of aliphatic hydroxyl groups excluding tert-OH is 1. The lowest BCUT2D eigenvalue weighted by molar-refractivity contribution is -0.384. The molecule has 0 fully saturated rings. The van der Waals surface area contributed by atoms with Crippen molar-refractivity contribution in [3.8, 4) is 0 Å². The monoisotopic (exact) mass is 325 g/mol. The van der Waals surface area contributed by atoms with E-state index in [0.717, 1.165) is 5.56 Å². The molecule has 0 saturated carbocycles. The number of nitrogens with zero attached hydrogens (tertiary/aromatic N) is 2. The first-order chi connectivity index (χ1) is 10.8. The van der Waals surface area contributed by atoms with Crippen LogP contribution in [0.1, 0.15) is 12.5 Å². The standard InChI is InChI=1S/C14H19N3O6/c1-10(23-14(15)20)13(19)16(8-9-18)7-6-11-2-4-12(5-3-11)17(21)22/h2-5,10,18H,6-9H2,1H3,(H2,15,20). The molecule has 1 rings (SSSR count). The van der Waals surface area contributed by atoms with E-state index in [0.29, 0.717) is 6.42 Å². The molecule has 0 saturated heterocycles. The molecule has 0 bridgehead atoms. The van der Waals surface area contributed by atoms with Gasteiger partial charge in [-0.3, -0.25) is 14.9 Å². The third-order valence-corrected chi connectivity index (χ3v) is 3.14. The predicted molar refractivity (Wildman–Crippen MR) is 80.6 cm³/mol. The van der Waals surface area contributed by atoms with E-state index in [1.54, 1.807) is 12.1 Å². The molecule has 0 aliphatic rings. The molecule has 1 aromatic carbocycles. The molecule has 1 unspecified atom stereocenters. The molecule has 9 nitrogen and oxygen atoms in total. The number of rotatable bonds is 8. The summed E-state index contributed by atoms with van der Waals surface area (Å²) < 4.78 is 4.62. The Hall–Kier alpha value is -2.68. The molecule has 23 heavy (non-hydrogen) atoms. The summed E-state index contributed by atoms with van der Waals surface area (Å²) in [7, 11) is 0. The van der Waals surface area contributed by atoms with Gasteiger partial charge in [-0.25, -0.2) is 4.79 Å². The Labute approximate surface area is 132 Å². The Kier molecular flexibility index (Phi) is 6.94. The Balaban J connectivity index is 2.66. The number of carbonyl (C=O) groups is 2. The van der Waals surface area contributed by atoms with E-state index in [1.807, 2.05) is 0 Å². The number of nitro groups is 1. The number of nitro benzene ring substituents is 1. The highest BCUT2D eigenvalue weighted by Gasteiger charge is 2.22. The van der Waals surface area contributed by atoms with Crippen LogP contribution in [-0.2, 0) is 16.0 Å². The molecule has 2 amide bonds. The Morgan fingerprint density at radius 2 is 1.96 bits per heavy atom. The molecule has 0 aromatic heterocycles. The summed E-state index contributed by atoms with van der Waals surface area (Å²) in [4.78, 5) is 34.3. The minimum absolute atomic E-state index is 0.0134. The summed E-state index contributed by atoms with van der Waals surface area (Å²) in [5.74, 6) is -0.472. The average Bonchev–Trinajstić information content (AvgIpc) is 2.50. The third kappa shape index (κ3) is 5.91. The molecule has 0 aliphatic carbocycles. The van der Waals surface area contributed by atoms with Crippen molar-refractivity contribution in [1.29, 1.82) is 0 Å². The van der Waals surface area contributed by atoms with E-state index in [1.165, 1.54) is 24.0 Å². The second kappa shape index (κ2) is 8.69. The van der Waals surface area contributed by atoms with Crippen LogP contribution in [0.15, 0.2) is 24.3 Å². The molecule has 9 heteroatoms. The van der Waals surface area contributed by atoms with Crippen LogP contribution in [0.3, 0.4) is 0 Å². The quantitative estimate of drug-likeness (QED) is 0.526. The lowest BCUT2D eigenvalue weighted by Gasteiger charge is -2.24. The van der Waals surface area contributed by atoms with Crippen LogP contribution in [0.2, 0.25) is 0 Å². The first-order valence-corrected chi connectivity index (χ1v) is 6.94. The van der Waals surface area contributed by atoms with E-state index < -0.39 is 23.0 Å². The number of hydrogen-bond acceptors (Lipinski definition) is 6. The van der Waals surface area contributed by atoms with Gasteiger partial charge in [0.15, 0.2) is 6.10 Å². The first-order valence-electron chi connectivity index (χ1n) is 6.94. The second-order valence-corrected chi connectivity index (χ2v) is 4.80. The Morgan fingerprint density at radius 1 is 1.35 bits per heavy atom. The number of nitrogens with two attached hydrogens (primary N) is 1. The van der Waals surface area contributed by atoms with E-state index in [-0.39, 0.29) is 25.4 Å². The number of non-ortho nitro benzene ring substituents is 1. The van der Waals surface area contributed by atoms with Crippen LogP contribution < -0.4 is 5.73 Å². The highest BCUT2D eigenvalue weighted by Crippen LogP contribution is 2.13. The lowest BCUT2D eigenvalue weighted by atomic mass is 10.1. The van der Waals surface area contributed by atoms with Gasteiger partial charge >= 0.3 is 6.09 Å². The van der Waals surface area contributed by atoms with E-state index in [9.17, 15) is 19.7 Å². The number of benzene rings is 1. The summed E-state index contributed by atoms with van der Waals surface area (Å²) in [6, 6.07) is 5.96. The van der Waals surface area contributed by atoms with Crippen molar-refractivity contribution in [2.75, 3.05) is 19.7 Å². The zero-order valence-electron chi connectivity index (χ0n) is 12.7. The van der Waals surface area contributed by atoms with E-state index in [4.69, 9.17) is 10.8 Å².